The van der Waals surface area contributed by atoms with E-state index in [1.54, 1.807) is 0 Å². The van der Waals surface area contributed by atoms with Crippen LogP contribution in [0.15, 0.2) is 48.7 Å². The number of benzene rings is 1. The number of nitrogens with one attached hydrogen (secondary N) is 1. The summed E-state index contributed by atoms with van der Waals surface area (Å²) in [6, 6.07) is 14.5. The van der Waals surface area contributed by atoms with Crippen molar-refractivity contribution in [2.75, 3.05) is 0 Å². The van der Waals surface area contributed by atoms with Gasteiger partial charge < -0.3 is 26.8 Å². The molecule has 1 N–H and O–H groups in total. The Morgan fingerprint density at radius 2 is 1.08 bits per heavy atom. The zero-order valence-electron chi connectivity index (χ0n) is 24.8. The third kappa shape index (κ3) is 15.0. The molecular formula is C32H45N3W2. The maximum Gasteiger partial charge on any atom is 2.00 e. The molecule has 0 spiro atoms. The zero-order chi connectivity index (χ0) is 26.8. The molecule has 1 aromatic carbocycles. The van der Waals surface area contributed by atoms with Crippen LogP contribution in [0, 0.1) is 24.2 Å². The molecule has 0 radical (unpaired) electrons. The van der Waals surface area contributed by atoms with Crippen LogP contribution in [0.25, 0.3) is 21.7 Å². The molecule has 0 bridgehead atoms. The second-order valence-electron chi connectivity index (χ2n) is 11.9. The Bertz CT molecular complexity index is 1140. The summed E-state index contributed by atoms with van der Waals surface area (Å²) in [7, 11) is 0. The third-order valence-electron chi connectivity index (χ3n) is 4.45. The van der Waals surface area contributed by atoms with Crippen molar-refractivity contribution < 1.29 is 42.1 Å². The van der Waals surface area contributed by atoms with E-state index in [9.17, 15) is 0 Å². The molecule has 0 fully saturated rings. The molecule has 0 aliphatic carbocycles. The summed E-state index contributed by atoms with van der Waals surface area (Å²) < 4.78 is 0. The number of aromatic amines is 1. The maximum atomic E-state index is 4.35. The SMILES string of the molecule is CC(C)(C)c1cc2cc[nH]c2[c-]n1.CC(C)(C)c1cc2ccccc2[c-]n1.C[C-](C)C.C[C-](C)C.[W+2].[W+2]. The summed E-state index contributed by atoms with van der Waals surface area (Å²) in [5.41, 5.74) is 3.35. The number of hydrogen-bond donors (Lipinski definition) is 1. The van der Waals surface area contributed by atoms with E-state index >= 15 is 0 Å². The first-order valence-corrected chi connectivity index (χ1v) is 12.3. The Balaban J connectivity index is 0. The zero-order valence-corrected chi connectivity index (χ0v) is 30.7. The van der Waals surface area contributed by atoms with Crippen LogP contribution >= 0.6 is 0 Å². The Kier molecular flexibility index (Phi) is 17.7. The molecule has 37 heavy (non-hydrogen) atoms. The minimum Gasteiger partial charge on any atom is -0.388 e. The van der Waals surface area contributed by atoms with Gasteiger partial charge in [0.25, 0.3) is 0 Å². The molecule has 0 saturated carbocycles. The fourth-order valence-electron chi connectivity index (χ4n) is 2.69. The van der Waals surface area contributed by atoms with Gasteiger partial charge in [-0.1, -0.05) is 77.1 Å². The average molecular weight is 839 g/mol. The molecule has 3 nitrogen and oxygen atoms in total. The summed E-state index contributed by atoms with van der Waals surface area (Å²) >= 11 is 0. The van der Waals surface area contributed by atoms with Crippen molar-refractivity contribution >= 4 is 21.7 Å². The van der Waals surface area contributed by atoms with E-state index in [1.807, 2.05) is 30.5 Å². The number of pyridine rings is 2. The van der Waals surface area contributed by atoms with Gasteiger partial charge in [-0.15, -0.1) is 40.4 Å². The van der Waals surface area contributed by atoms with E-state index < -0.39 is 0 Å². The van der Waals surface area contributed by atoms with Gasteiger partial charge in [-0.2, -0.15) is 41.5 Å². The topological polar surface area (TPSA) is 41.6 Å². The van der Waals surface area contributed by atoms with Gasteiger partial charge in [0.05, 0.1) is 0 Å². The molecule has 4 aromatic rings. The van der Waals surface area contributed by atoms with Crippen molar-refractivity contribution in [2.45, 2.75) is 93.9 Å². The third-order valence-corrected chi connectivity index (χ3v) is 4.45. The van der Waals surface area contributed by atoms with Crippen LogP contribution in [-0.2, 0) is 53.0 Å². The van der Waals surface area contributed by atoms with E-state index in [1.165, 1.54) is 22.6 Å². The minimum atomic E-state index is 0. The molecule has 0 amide bonds. The molecule has 0 aliphatic rings. The summed E-state index contributed by atoms with van der Waals surface area (Å²) in [4.78, 5) is 11.7. The van der Waals surface area contributed by atoms with Gasteiger partial charge >= 0.3 is 42.1 Å². The van der Waals surface area contributed by atoms with Crippen molar-refractivity contribution in [3.8, 4) is 0 Å². The number of aromatic nitrogens is 3. The van der Waals surface area contributed by atoms with Gasteiger partial charge in [0.15, 0.2) is 0 Å². The minimum absolute atomic E-state index is 0. The van der Waals surface area contributed by atoms with Crippen molar-refractivity contribution in [3.05, 3.63) is 84.3 Å². The second-order valence-corrected chi connectivity index (χ2v) is 11.9. The summed E-state index contributed by atoms with van der Waals surface area (Å²) in [6.07, 6.45) is 7.99. The molecule has 200 valence electrons. The maximum absolute atomic E-state index is 4.35. The number of hydrogen-bond acceptors (Lipinski definition) is 2. The first-order chi connectivity index (χ1) is 16.1. The predicted octanol–water partition coefficient (Wildman–Crippen LogP) is 9.23. The first-order valence-electron chi connectivity index (χ1n) is 12.3. The molecule has 3 heterocycles. The van der Waals surface area contributed by atoms with E-state index in [-0.39, 0.29) is 53.0 Å². The molecule has 4 rings (SSSR count). The van der Waals surface area contributed by atoms with Crippen molar-refractivity contribution in [3.63, 3.8) is 0 Å². The van der Waals surface area contributed by atoms with Gasteiger partial charge in [-0.05, 0) is 28.9 Å². The van der Waals surface area contributed by atoms with Gasteiger partial charge in [-0.25, -0.2) is 0 Å². The number of rotatable bonds is 0. The van der Waals surface area contributed by atoms with Crippen LogP contribution in [0.1, 0.15) is 94.5 Å². The standard InChI is InChI=1S/C13H14N.C11H13N2.2C4H9.2W/c1-13(2,3)12-8-10-6-4-5-7-11(10)9-14-12;1-11(2,3)10-6-8-4-5-12-9(8)7-13-10;2*1-4(2)3;;/h4-8H,1-3H3;4-6,12H,1-3H3;2*1-3H3;;/q4*-1;2*+2. The van der Waals surface area contributed by atoms with Crippen LogP contribution in [0.4, 0.5) is 0 Å². The average Bonchev–Trinajstić information content (AvgIpc) is 3.20. The molecule has 5 heteroatoms. The van der Waals surface area contributed by atoms with Crippen molar-refractivity contribution in [2.24, 2.45) is 0 Å². The van der Waals surface area contributed by atoms with Crippen LogP contribution in [0.5, 0.6) is 0 Å². The van der Waals surface area contributed by atoms with Gasteiger partial charge in [0.2, 0.25) is 0 Å². The fourth-order valence-corrected chi connectivity index (χ4v) is 2.69. The quantitative estimate of drug-likeness (QED) is 0.180. The van der Waals surface area contributed by atoms with Crippen LogP contribution < -0.4 is 0 Å². The number of nitrogens with zero attached hydrogens (tertiary/aromatic N) is 2. The summed E-state index contributed by atoms with van der Waals surface area (Å²) in [5.74, 6) is 2.83. The summed E-state index contributed by atoms with van der Waals surface area (Å²) in [5, 5.41) is 3.48. The Hall–Kier alpha value is -1.30. The second kappa shape index (κ2) is 17.3. The smallest absolute Gasteiger partial charge is 0.388 e. The number of H-pyrrole nitrogens is 1. The molecule has 3 aromatic heterocycles. The normalized spacial score (nSPS) is 10.8. The Morgan fingerprint density at radius 1 is 0.649 bits per heavy atom. The fraction of sp³-hybridized carbons (Fsp3) is 0.438. The van der Waals surface area contributed by atoms with Crippen LogP contribution in [0.2, 0.25) is 0 Å². The van der Waals surface area contributed by atoms with Gasteiger partial charge in [0.1, 0.15) is 0 Å². The predicted molar refractivity (Wildman–Crippen MR) is 153 cm³/mol. The molecular weight excluding hydrogens is 794 g/mol. The van der Waals surface area contributed by atoms with Crippen LogP contribution in [-0.4, -0.2) is 15.0 Å². The monoisotopic (exact) mass is 839 g/mol. The molecule has 0 unspecified atom stereocenters. The van der Waals surface area contributed by atoms with Crippen LogP contribution in [0.3, 0.4) is 0 Å². The van der Waals surface area contributed by atoms with Gasteiger partial charge in [-0.3, -0.25) is 0 Å². The molecule has 0 aliphatic heterocycles. The van der Waals surface area contributed by atoms with Crippen molar-refractivity contribution in [1.82, 2.24) is 15.0 Å². The van der Waals surface area contributed by atoms with Crippen molar-refractivity contribution in [1.29, 1.82) is 0 Å². The number of fused-ring (bicyclic) bond motifs is 2. The van der Waals surface area contributed by atoms with E-state index in [4.69, 9.17) is 0 Å². The van der Waals surface area contributed by atoms with E-state index in [2.05, 4.69) is 129 Å². The summed E-state index contributed by atoms with van der Waals surface area (Å²) in [6.45, 7) is 25.5. The largest absolute Gasteiger partial charge is 2.00 e. The van der Waals surface area contributed by atoms with Gasteiger partial charge in [0, 0.05) is 0 Å². The first kappa shape index (κ1) is 37.8. The Morgan fingerprint density at radius 3 is 1.57 bits per heavy atom. The van der Waals surface area contributed by atoms with E-state index in [0.717, 1.165) is 22.3 Å². The Labute approximate surface area is 255 Å². The molecule has 0 saturated heterocycles. The molecule has 0 atom stereocenters. The van der Waals surface area contributed by atoms with E-state index in [0.29, 0.717) is 0 Å².